The molecule has 0 bridgehead atoms. The summed E-state index contributed by atoms with van der Waals surface area (Å²) in [5.41, 5.74) is 5.88. The molecule has 0 radical (unpaired) electrons. The maximum Gasteiger partial charge on any atom is 0.332 e. The first kappa shape index (κ1) is 8.99. The summed E-state index contributed by atoms with van der Waals surface area (Å²) in [7, 11) is -4.64. The highest BCUT2D eigenvalue weighted by Gasteiger charge is 2.14. The summed E-state index contributed by atoms with van der Waals surface area (Å²) in [5, 5.41) is 0. The molecule has 0 heterocycles. The number of hydrogen-bond acceptors (Lipinski definition) is 3. The first-order valence-electron chi connectivity index (χ1n) is 3.22. The van der Waals surface area contributed by atoms with Crippen LogP contribution in [0.5, 0.6) is 0 Å². The molecule has 0 aromatic heterocycles. The predicted molar refractivity (Wildman–Crippen MR) is 43.9 cm³/mol. The van der Waals surface area contributed by atoms with E-state index in [1.807, 2.05) is 0 Å². The Balaban J connectivity index is 3.43. The number of nitrogens with two attached hydrogens (primary N) is 1. The molecule has 12 heavy (non-hydrogen) atoms. The van der Waals surface area contributed by atoms with Crippen molar-refractivity contribution in [2.45, 2.75) is 11.8 Å². The van der Waals surface area contributed by atoms with Gasteiger partial charge in [0.25, 0.3) is 0 Å². The van der Waals surface area contributed by atoms with Crippen LogP contribution >= 0.6 is 0 Å². The second kappa shape index (κ2) is 2.75. The summed E-state index contributed by atoms with van der Waals surface area (Å²) in [4.78, 5) is -0.359. The van der Waals surface area contributed by atoms with Crippen molar-refractivity contribution in [3.63, 3.8) is 0 Å². The van der Waals surface area contributed by atoms with E-state index in [1.54, 1.807) is 0 Å². The molecule has 0 aliphatic rings. The van der Waals surface area contributed by atoms with Crippen LogP contribution in [-0.4, -0.2) is 8.42 Å². The Hall–Kier alpha value is -1.10. The fraction of sp³-hybridized carbons (Fsp3) is 0.143. The number of nitrogen functional groups attached to an aromatic ring is 1. The molecule has 2 N–H and O–H groups in total. The number of anilines is 1. The van der Waals surface area contributed by atoms with Gasteiger partial charge in [0.1, 0.15) is 4.90 Å². The van der Waals surface area contributed by atoms with Crippen molar-refractivity contribution in [1.29, 1.82) is 0 Å². The molecule has 0 saturated heterocycles. The zero-order valence-electron chi connectivity index (χ0n) is 6.41. The fourth-order valence-corrected chi connectivity index (χ4v) is 1.61. The van der Waals surface area contributed by atoms with Crippen LogP contribution in [0.25, 0.3) is 0 Å². The van der Waals surface area contributed by atoms with Crippen LogP contribution in [-0.2, 0) is 10.2 Å². The molecule has 66 valence electrons. The minimum Gasteiger partial charge on any atom is -0.399 e. The van der Waals surface area contributed by atoms with E-state index in [9.17, 15) is 12.3 Å². The molecular weight excluding hydrogens is 181 g/mol. The van der Waals surface area contributed by atoms with E-state index in [1.165, 1.54) is 19.1 Å². The molecule has 0 atom stereocenters. The highest BCUT2D eigenvalue weighted by atomic mass is 32.3. The molecule has 5 heteroatoms. The second-order valence-corrected chi connectivity index (χ2v) is 3.78. The largest absolute Gasteiger partial charge is 0.399 e. The first-order chi connectivity index (χ1) is 5.41. The number of benzene rings is 1. The van der Waals surface area contributed by atoms with Gasteiger partial charge >= 0.3 is 10.2 Å². The lowest BCUT2D eigenvalue weighted by Crippen LogP contribution is -1.97. The normalized spacial score (nSPS) is 11.5. The molecule has 0 fully saturated rings. The Morgan fingerprint density at radius 1 is 1.42 bits per heavy atom. The lowest BCUT2D eigenvalue weighted by atomic mass is 10.2. The third-order valence-corrected chi connectivity index (χ3v) is 2.44. The summed E-state index contributed by atoms with van der Waals surface area (Å²) in [6.45, 7) is 1.51. The van der Waals surface area contributed by atoms with E-state index in [-0.39, 0.29) is 10.6 Å². The van der Waals surface area contributed by atoms with Gasteiger partial charge in [0.2, 0.25) is 0 Å². The van der Waals surface area contributed by atoms with Gasteiger partial charge in [-0.2, -0.15) is 8.42 Å². The van der Waals surface area contributed by atoms with Crippen LogP contribution in [0.3, 0.4) is 0 Å². The number of hydrogen-bond donors (Lipinski definition) is 1. The van der Waals surface area contributed by atoms with Gasteiger partial charge in [0, 0.05) is 5.69 Å². The standard InChI is InChI=1S/C7H8FNO2S/c1-5-2-3-6(9)4-7(5)12(8,10)11/h2-4H,9H2,1H3. The monoisotopic (exact) mass is 189 g/mol. The second-order valence-electron chi connectivity index (χ2n) is 2.46. The lowest BCUT2D eigenvalue weighted by Gasteiger charge is -2.00. The average Bonchev–Trinajstić information content (AvgIpc) is 1.92. The number of aryl methyl sites for hydroxylation is 1. The topological polar surface area (TPSA) is 60.2 Å². The third kappa shape index (κ3) is 1.73. The predicted octanol–water partition coefficient (Wildman–Crippen LogP) is 1.24. The van der Waals surface area contributed by atoms with Gasteiger partial charge in [-0.25, -0.2) is 0 Å². The molecule has 0 saturated carbocycles. The summed E-state index contributed by atoms with van der Waals surface area (Å²) >= 11 is 0. The highest BCUT2D eigenvalue weighted by molar-refractivity contribution is 7.86. The van der Waals surface area contributed by atoms with Crippen LogP contribution in [0.2, 0.25) is 0 Å². The maximum absolute atomic E-state index is 12.5. The Morgan fingerprint density at radius 2 is 2.00 bits per heavy atom. The van der Waals surface area contributed by atoms with Crippen LogP contribution in [0.4, 0.5) is 9.57 Å². The number of rotatable bonds is 1. The minimum atomic E-state index is -4.64. The average molecular weight is 189 g/mol. The van der Waals surface area contributed by atoms with Gasteiger partial charge in [-0.3, -0.25) is 0 Å². The molecule has 0 aliphatic heterocycles. The summed E-state index contributed by atoms with van der Waals surface area (Å²) < 4.78 is 33.4. The summed E-state index contributed by atoms with van der Waals surface area (Å²) in [5.74, 6) is 0. The Kier molecular flexibility index (Phi) is 2.06. The zero-order valence-corrected chi connectivity index (χ0v) is 7.23. The van der Waals surface area contributed by atoms with Gasteiger partial charge in [-0.05, 0) is 24.6 Å². The highest BCUT2D eigenvalue weighted by Crippen LogP contribution is 2.19. The maximum atomic E-state index is 12.5. The molecule has 0 unspecified atom stereocenters. The molecule has 0 amide bonds. The van der Waals surface area contributed by atoms with Crippen molar-refractivity contribution in [3.8, 4) is 0 Å². The van der Waals surface area contributed by atoms with Crippen molar-refractivity contribution in [3.05, 3.63) is 23.8 Å². The van der Waals surface area contributed by atoms with Gasteiger partial charge in [-0.15, -0.1) is 3.89 Å². The SMILES string of the molecule is Cc1ccc(N)cc1S(=O)(=O)F. The summed E-state index contributed by atoms with van der Waals surface area (Å²) in [6, 6.07) is 4.08. The van der Waals surface area contributed by atoms with Crippen molar-refractivity contribution in [1.82, 2.24) is 0 Å². The van der Waals surface area contributed by atoms with Crippen molar-refractivity contribution in [2.24, 2.45) is 0 Å². The fourth-order valence-electron chi connectivity index (χ4n) is 0.879. The van der Waals surface area contributed by atoms with E-state index in [0.29, 0.717) is 5.56 Å². The molecule has 0 spiro atoms. The van der Waals surface area contributed by atoms with E-state index < -0.39 is 10.2 Å². The van der Waals surface area contributed by atoms with Gasteiger partial charge in [0.05, 0.1) is 0 Å². The van der Waals surface area contributed by atoms with Crippen LogP contribution in [0, 0.1) is 6.92 Å². The zero-order chi connectivity index (χ0) is 9.35. The van der Waals surface area contributed by atoms with E-state index in [2.05, 4.69) is 0 Å². The van der Waals surface area contributed by atoms with Gasteiger partial charge in [0.15, 0.2) is 0 Å². The van der Waals surface area contributed by atoms with Gasteiger partial charge < -0.3 is 5.73 Å². The lowest BCUT2D eigenvalue weighted by molar-refractivity contribution is 0.551. The third-order valence-electron chi connectivity index (χ3n) is 1.47. The molecular formula is C7H8FNO2S. The molecule has 3 nitrogen and oxygen atoms in total. The first-order valence-corrected chi connectivity index (χ1v) is 4.60. The Bertz CT molecular complexity index is 400. The van der Waals surface area contributed by atoms with E-state index in [4.69, 9.17) is 5.73 Å². The van der Waals surface area contributed by atoms with E-state index >= 15 is 0 Å². The van der Waals surface area contributed by atoms with Crippen molar-refractivity contribution >= 4 is 15.9 Å². The summed E-state index contributed by atoms with van der Waals surface area (Å²) in [6.07, 6.45) is 0. The van der Waals surface area contributed by atoms with Crippen LogP contribution in [0.1, 0.15) is 5.56 Å². The minimum absolute atomic E-state index is 0.233. The molecule has 0 aliphatic carbocycles. The quantitative estimate of drug-likeness (QED) is 0.534. The Morgan fingerprint density at radius 3 is 2.42 bits per heavy atom. The van der Waals surface area contributed by atoms with Crippen LogP contribution < -0.4 is 5.73 Å². The number of halogens is 1. The van der Waals surface area contributed by atoms with Crippen molar-refractivity contribution in [2.75, 3.05) is 5.73 Å². The van der Waals surface area contributed by atoms with Crippen LogP contribution in [0.15, 0.2) is 23.1 Å². The molecule has 1 aromatic carbocycles. The smallest absolute Gasteiger partial charge is 0.332 e. The van der Waals surface area contributed by atoms with Gasteiger partial charge in [-0.1, -0.05) is 6.07 Å². The molecule has 1 aromatic rings. The van der Waals surface area contributed by atoms with Crippen molar-refractivity contribution < 1.29 is 12.3 Å². The molecule has 1 rings (SSSR count). The Labute approximate surface area is 70.2 Å². The van der Waals surface area contributed by atoms with E-state index in [0.717, 1.165) is 6.07 Å².